The number of carbonyl (C=O) groups is 1. The number of aromatic nitrogens is 2. The Kier molecular flexibility index (Phi) is 5.53. The summed E-state index contributed by atoms with van der Waals surface area (Å²) in [7, 11) is 1.59. The van der Waals surface area contributed by atoms with Gasteiger partial charge in [-0.1, -0.05) is 35.9 Å². The summed E-state index contributed by atoms with van der Waals surface area (Å²) in [5.41, 5.74) is 1.73. The van der Waals surface area contributed by atoms with Gasteiger partial charge in [-0.25, -0.2) is 4.39 Å². The lowest BCUT2D eigenvalue weighted by molar-refractivity contribution is -0.115. The van der Waals surface area contributed by atoms with Gasteiger partial charge in [0.05, 0.1) is 20.1 Å². The van der Waals surface area contributed by atoms with Gasteiger partial charge in [-0.15, -0.1) is 0 Å². The summed E-state index contributed by atoms with van der Waals surface area (Å²) >= 11 is 6.15. The van der Waals surface area contributed by atoms with Crippen molar-refractivity contribution in [1.29, 1.82) is 0 Å². The number of halogens is 2. The van der Waals surface area contributed by atoms with Crippen LogP contribution >= 0.6 is 11.6 Å². The molecule has 1 N–H and O–H groups in total. The Hall–Kier alpha value is -2.86. The number of amides is 1. The summed E-state index contributed by atoms with van der Waals surface area (Å²) in [5, 5.41) is 7.33. The monoisotopic (exact) mass is 373 g/mol. The fraction of sp³-hybridized carbons (Fsp3) is 0.158. The molecule has 0 saturated carbocycles. The van der Waals surface area contributed by atoms with Gasteiger partial charge in [0.25, 0.3) is 0 Å². The molecule has 0 aliphatic rings. The molecule has 2 aromatic carbocycles. The second kappa shape index (κ2) is 8.01. The van der Waals surface area contributed by atoms with Crippen molar-refractivity contribution < 1.29 is 13.9 Å². The highest BCUT2D eigenvalue weighted by atomic mass is 35.5. The highest BCUT2D eigenvalue weighted by Gasteiger charge is 2.12. The molecule has 0 fully saturated rings. The molecule has 5 nitrogen and oxygen atoms in total. The molecule has 0 aliphatic carbocycles. The number of methoxy groups -OCH3 is 1. The molecular formula is C19H17ClFN3O2. The van der Waals surface area contributed by atoms with Crippen LogP contribution in [0.3, 0.4) is 0 Å². The van der Waals surface area contributed by atoms with Crippen molar-refractivity contribution in [2.45, 2.75) is 13.0 Å². The standard InChI is InChI=1S/C19H17ClFN3O2/c1-26-16-8-4-13(5-9-16)10-18(25)22-19-17(20)12-24(23-19)11-14-2-6-15(21)7-3-14/h2-9,12H,10-11H2,1H3,(H,22,23,25). The third kappa shape index (κ3) is 4.61. The van der Waals surface area contributed by atoms with Gasteiger partial charge in [-0.3, -0.25) is 9.48 Å². The van der Waals surface area contributed by atoms with E-state index >= 15 is 0 Å². The van der Waals surface area contributed by atoms with Crippen LogP contribution in [0.2, 0.25) is 5.02 Å². The molecule has 3 aromatic rings. The first-order valence-corrected chi connectivity index (χ1v) is 8.31. The fourth-order valence-electron chi connectivity index (χ4n) is 2.44. The largest absolute Gasteiger partial charge is 0.497 e. The molecule has 0 spiro atoms. The van der Waals surface area contributed by atoms with E-state index in [1.165, 1.54) is 12.1 Å². The highest BCUT2D eigenvalue weighted by molar-refractivity contribution is 6.33. The van der Waals surface area contributed by atoms with Crippen molar-refractivity contribution in [2.24, 2.45) is 0 Å². The van der Waals surface area contributed by atoms with Crippen molar-refractivity contribution in [3.63, 3.8) is 0 Å². The third-order valence-corrected chi connectivity index (χ3v) is 4.03. The van der Waals surface area contributed by atoms with Gasteiger partial charge in [-0.2, -0.15) is 5.10 Å². The summed E-state index contributed by atoms with van der Waals surface area (Å²) in [6.07, 6.45) is 1.82. The first-order chi connectivity index (χ1) is 12.5. The molecule has 0 unspecified atom stereocenters. The zero-order valence-electron chi connectivity index (χ0n) is 14.1. The van der Waals surface area contributed by atoms with Crippen molar-refractivity contribution in [3.05, 3.63) is 76.7 Å². The van der Waals surface area contributed by atoms with Gasteiger partial charge in [0, 0.05) is 6.20 Å². The molecule has 1 amide bonds. The van der Waals surface area contributed by atoms with Gasteiger partial charge in [0.1, 0.15) is 16.6 Å². The summed E-state index contributed by atoms with van der Waals surface area (Å²) in [4.78, 5) is 12.2. The zero-order chi connectivity index (χ0) is 18.5. The predicted octanol–water partition coefficient (Wildman–Crippen LogP) is 3.91. The van der Waals surface area contributed by atoms with Crippen LogP contribution in [0.1, 0.15) is 11.1 Å². The summed E-state index contributed by atoms with van der Waals surface area (Å²) < 4.78 is 19.6. The predicted molar refractivity (Wildman–Crippen MR) is 98.1 cm³/mol. The molecule has 0 bridgehead atoms. The van der Waals surface area contributed by atoms with Crippen LogP contribution in [0.5, 0.6) is 5.75 Å². The Morgan fingerprint density at radius 1 is 1.15 bits per heavy atom. The van der Waals surface area contributed by atoms with Gasteiger partial charge in [0.15, 0.2) is 5.82 Å². The van der Waals surface area contributed by atoms with Gasteiger partial charge < -0.3 is 10.1 Å². The maximum Gasteiger partial charge on any atom is 0.230 e. The van der Waals surface area contributed by atoms with Gasteiger partial charge in [-0.05, 0) is 35.4 Å². The highest BCUT2D eigenvalue weighted by Crippen LogP contribution is 2.20. The maximum atomic E-state index is 13.0. The Bertz CT molecular complexity index is 892. The minimum absolute atomic E-state index is 0.200. The summed E-state index contributed by atoms with van der Waals surface area (Å²) in [5.74, 6) is 0.520. The van der Waals surface area contributed by atoms with Crippen molar-refractivity contribution in [2.75, 3.05) is 12.4 Å². The topological polar surface area (TPSA) is 56.1 Å². The van der Waals surface area contributed by atoms with Crippen LogP contribution in [0.15, 0.2) is 54.7 Å². The van der Waals surface area contributed by atoms with E-state index in [1.807, 2.05) is 12.1 Å². The van der Waals surface area contributed by atoms with Crippen molar-refractivity contribution in [1.82, 2.24) is 9.78 Å². The van der Waals surface area contributed by atoms with E-state index in [0.29, 0.717) is 17.4 Å². The second-order valence-electron chi connectivity index (χ2n) is 5.72. The number of carbonyl (C=O) groups excluding carboxylic acids is 1. The first kappa shape index (κ1) is 17.9. The number of rotatable bonds is 6. The zero-order valence-corrected chi connectivity index (χ0v) is 14.8. The molecule has 1 aromatic heterocycles. The van der Waals surface area contributed by atoms with Crippen LogP contribution in [0, 0.1) is 5.82 Å². The van der Waals surface area contributed by atoms with E-state index < -0.39 is 0 Å². The number of hydrogen-bond acceptors (Lipinski definition) is 3. The molecule has 26 heavy (non-hydrogen) atoms. The Labute approximate surface area is 155 Å². The second-order valence-corrected chi connectivity index (χ2v) is 6.13. The summed E-state index contributed by atoms with van der Waals surface area (Å²) in [6, 6.07) is 13.4. The van der Waals surface area contributed by atoms with Crippen LogP contribution in [0.4, 0.5) is 10.2 Å². The van der Waals surface area contributed by atoms with Crippen LogP contribution in [-0.4, -0.2) is 22.8 Å². The molecular weight excluding hydrogens is 357 g/mol. The Balaban J connectivity index is 1.62. The molecule has 134 valence electrons. The third-order valence-electron chi connectivity index (χ3n) is 3.76. The van der Waals surface area contributed by atoms with Gasteiger partial charge >= 0.3 is 0 Å². The number of hydrogen-bond donors (Lipinski definition) is 1. The molecule has 0 atom stereocenters. The van der Waals surface area contributed by atoms with Crippen LogP contribution in [-0.2, 0) is 17.8 Å². The van der Waals surface area contributed by atoms with E-state index in [1.54, 1.807) is 42.3 Å². The normalized spacial score (nSPS) is 10.6. The van der Waals surface area contributed by atoms with E-state index in [0.717, 1.165) is 16.9 Å². The van der Waals surface area contributed by atoms with E-state index in [4.69, 9.17) is 16.3 Å². The number of nitrogens with one attached hydrogen (secondary N) is 1. The molecule has 1 heterocycles. The number of benzene rings is 2. The minimum atomic E-state index is -0.293. The molecule has 3 rings (SSSR count). The maximum absolute atomic E-state index is 13.0. The number of nitrogens with zero attached hydrogens (tertiary/aromatic N) is 2. The van der Waals surface area contributed by atoms with Crippen LogP contribution < -0.4 is 10.1 Å². The number of anilines is 1. The lowest BCUT2D eigenvalue weighted by atomic mass is 10.1. The Morgan fingerprint density at radius 3 is 2.46 bits per heavy atom. The quantitative estimate of drug-likeness (QED) is 0.712. The smallest absolute Gasteiger partial charge is 0.230 e. The molecule has 0 saturated heterocycles. The number of ether oxygens (including phenoxy) is 1. The average Bonchev–Trinajstić information content (AvgIpc) is 2.96. The first-order valence-electron chi connectivity index (χ1n) is 7.93. The molecule has 0 aliphatic heterocycles. The van der Waals surface area contributed by atoms with E-state index in [9.17, 15) is 9.18 Å². The summed E-state index contributed by atoms with van der Waals surface area (Å²) in [6.45, 7) is 0.425. The molecule has 7 heteroatoms. The van der Waals surface area contributed by atoms with E-state index in [2.05, 4.69) is 10.4 Å². The van der Waals surface area contributed by atoms with Crippen molar-refractivity contribution in [3.8, 4) is 5.75 Å². The lowest BCUT2D eigenvalue weighted by Gasteiger charge is -2.05. The SMILES string of the molecule is COc1ccc(CC(=O)Nc2nn(Cc3ccc(F)cc3)cc2Cl)cc1. The van der Waals surface area contributed by atoms with Crippen LogP contribution in [0.25, 0.3) is 0 Å². The fourth-order valence-corrected chi connectivity index (χ4v) is 2.64. The average molecular weight is 374 g/mol. The lowest BCUT2D eigenvalue weighted by Crippen LogP contribution is -2.15. The Morgan fingerprint density at radius 2 is 1.81 bits per heavy atom. The van der Waals surface area contributed by atoms with E-state index in [-0.39, 0.29) is 18.1 Å². The van der Waals surface area contributed by atoms with Gasteiger partial charge in [0.2, 0.25) is 5.91 Å². The molecule has 0 radical (unpaired) electrons. The van der Waals surface area contributed by atoms with Crippen molar-refractivity contribution >= 4 is 23.3 Å². The minimum Gasteiger partial charge on any atom is -0.497 e.